The number of halogens is 1. The molecule has 94 valence electrons. The minimum atomic E-state index is -0.937. The van der Waals surface area contributed by atoms with Gasteiger partial charge in [-0.2, -0.15) is 0 Å². The van der Waals surface area contributed by atoms with Gasteiger partial charge in [0.25, 0.3) is 0 Å². The summed E-state index contributed by atoms with van der Waals surface area (Å²) in [6.45, 7) is 5.18. The molecule has 0 amide bonds. The first-order chi connectivity index (χ1) is 7.99. The van der Waals surface area contributed by atoms with Crippen LogP contribution in [0.25, 0.3) is 0 Å². The van der Waals surface area contributed by atoms with Gasteiger partial charge in [0.2, 0.25) is 0 Å². The first kappa shape index (κ1) is 14.0. The molecule has 0 aromatic heterocycles. The van der Waals surface area contributed by atoms with Crippen molar-refractivity contribution in [1.82, 2.24) is 0 Å². The Morgan fingerprint density at radius 1 is 1.47 bits per heavy atom. The topological polar surface area (TPSA) is 58.6 Å². The van der Waals surface area contributed by atoms with Crippen molar-refractivity contribution in [3.63, 3.8) is 0 Å². The zero-order valence-electron chi connectivity index (χ0n) is 9.87. The maximum atomic E-state index is 10.9. The van der Waals surface area contributed by atoms with Gasteiger partial charge in [-0.1, -0.05) is 15.9 Å². The van der Waals surface area contributed by atoms with Crippen LogP contribution < -0.4 is 5.32 Å². The number of rotatable bonds is 6. The number of hydrogen-bond acceptors (Lipinski definition) is 3. The highest BCUT2D eigenvalue weighted by Gasteiger charge is 2.05. The summed E-state index contributed by atoms with van der Waals surface area (Å²) in [5, 5.41) is 12.0. The standard InChI is InChI=1S/C12H16BrNO3/c1-8(2)17-4-3-14-11-6-9(12(15)16)5-10(13)7-11/h5-8,14H,3-4H2,1-2H3,(H,15,16). The molecule has 1 aromatic carbocycles. The highest BCUT2D eigenvalue weighted by Crippen LogP contribution is 2.19. The molecule has 0 bridgehead atoms. The summed E-state index contributed by atoms with van der Waals surface area (Å²) in [6.07, 6.45) is 0.203. The SMILES string of the molecule is CC(C)OCCNc1cc(Br)cc(C(=O)O)c1. The molecule has 1 rings (SSSR count). The molecule has 0 aliphatic rings. The summed E-state index contributed by atoms with van der Waals surface area (Å²) in [5.74, 6) is -0.937. The third-order valence-corrected chi connectivity index (χ3v) is 2.48. The molecule has 0 unspecified atom stereocenters. The first-order valence-corrected chi connectivity index (χ1v) is 6.17. The van der Waals surface area contributed by atoms with Gasteiger partial charge < -0.3 is 15.2 Å². The molecule has 0 saturated heterocycles. The van der Waals surface area contributed by atoms with E-state index in [9.17, 15) is 4.79 Å². The van der Waals surface area contributed by atoms with E-state index in [-0.39, 0.29) is 11.7 Å². The van der Waals surface area contributed by atoms with E-state index in [2.05, 4.69) is 21.2 Å². The van der Waals surface area contributed by atoms with Gasteiger partial charge in [0.05, 0.1) is 18.3 Å². The maximum absolute atomic E-state index is 10.9. The van der Waals surface area contributed by atoms with Gasteiger partial charge in [-0.3, -0.25) is 0 Å². The summed E-state index contributed by atoms with van der Waals surface area (Å²) in [7, 11) is 0. The fourth-order valence-electron chi connectivity index (χ4n) is 1.31. The van der Waals surface area contributed by atoms with Gasteiger partial charge in [-0.05, 0) is 32.0 Å². The van der Waals surface area contributed by atoms with Crippen molar-refractivity contribution in [2.75, 3.05) is 18.5 Å². The predicted molar refractivity (Wildman–Crippen MR) is 70.7 cm³/mol. The zero-order valence-corrected chi connectivity index (χ0v) is 11.5. The summed E-state index contributed by atoms with van der Waals surface area (Å²) in [5.41, 5.74) is 1.02. The van der Waals surface area contributed by atoms with Crippen LogP contribution in [0.15, 0.2) is 22.7 Å². The van der Waals surface area contributed by atoms with Gasteiger partial charge >= 0.3 is 5.97 Å². The van der Waals surface area contributed by atoms with E-state index in [4.69, 9.17) is 9.84 Å². The molecule has 0 aliphatic carbocycles. The number of carboxylic acids is 1. The van der Waals surface area contributed by atoms with Gasteiger partial charge in [0.15, 0.2) is 0 Å². The number of carbonyl (C=O) groups is 1. The van der Waals surface area contributed by atoms with Crippen LogP contribution in [0.5, 0.6) is 0 Å². The Morgan fingerprint density at radius 2 is 2.18 bits per heavy atom. The van der Waals surface area contributed by atoms with E-state index < -0.39 is 5.97 Å². The maximum Gasteiger partial charge on any atom is 0.335 e. The molecule has 2 N–H and O–H groups in total. The molecular formula is C12H16BrNO3. The predicted octanol–water partition coefficient (Wildman–Crippen LogP) is 2.98. The van der Waals surface area contributed by atoms with Crippen LogP contribution in [0, 0.1) is 0 Å². The second kappa shape index (κ2) is 6.61. The van der Waals surface area contributed by atoms with E-state index in [0.717, 1.165) is 10.2 Å². The van der Waals surface area contributed by atoms with E-state index >= 15 is 0 Å². The number of ether oxygens (including phenoxy) is 1. The van der Waals surface area contributed by atoms with Gasteiger partial charge in [-0.25, -0.2) is 4.79 Å². The molecule has 1 aromatic rings. The van der Waals surface area contributed by atoms with Gasteiger partial charge in [0, 0.05) is 16.7 Å². The Balaban J connectivity index is 2.56. The molecule has 0 saturated carbocycles. The lowest BCUT2D eigenvalue weighted by Gasteiger charge is -2.10. The second-order valence-electron chi connectivity index (χ2n) is 3.88. The smallest absolute Gasteiger partial charge is 0.335 e. The molecule has 5 heteroatoms. The van der Waals surface area contributed by atoms with Crippen LogP contribution >= 0.6 is 15.9 Å². The van der Waals surface area contributed by atoms with E-state index in [1.807, 2.05) is 19.9 Å². The van der Waals surface area contributed by atoms with Crippen LogP contribution in [0.2, 0.25) is 0 Å². The van der Waals surface area contributed by atoms with Gasteiger partial charge in [-0.15, -0.1) is 0 Å². The molecular weight excluding hydrogens is 286 g/mol. The van der Waals surface area contributed by atoms with Gasteiger partial charge in [0.1, 0.15) is 0 Å². The lowest BCUT2D eigenvalue weighted by molar-refractivity contribution is 0.0697. The van der Waals surface area contributed by atoms with Crippen LogP contribution in [-0.2, 0) is 4.74 Å². The summed E-state index contributed by atoms with van der Waals surface area (Å²) in [6, 6.07) is 5.00. The number of anilines is 1. The normalized spacial score (nSPS) is 10.6. The monoisotopic (exact) mass is 301 g/mol. The lowest BCUT2D eigenvalue weighted by Crippen LogP contribution is -2.13. The Labute approximate surface area is 109 Å². The van der Waals surface area contributed by atoms with Crippen LogP contribution in [0.3, 0.4) is 0 Å². The van der Waals surface area contributed by atoms with Crippen LogP contribution in [0.1, 0.15) is 24.2 Å². The van der Waals surface area contributed by atoms with Crippen molar-refractivity contribution in [3.05, 3.63) is 28.2 Å². The number of carboxylic acid groups (broad SMARTS) is 1. The van der Waals surface area contributed by atoms with Crippen molar-refractivity contribution in [1.29, 1.82) is 0 Å². The summed E-state index contributed by atoms with van der Waals surface area (Å²) < 4.78 is 6.12. The third kappa shape index (κ3) is 5.19. The zero-order chi connectivity index (χ0) is 12.8. The third-order valence-electron chi connectivity index (χ3n) is 2.03. The molecule has 0 heterocycles. The Morgan fingerprint density at radius 3 is 2.76 bits per heavy atom. The first-order valence-electron chi connectivity index (χ1n) is 5.38. The molecule has 4 nitrogen and oxygen atoms in total. The fourth-order valence-corrected chi connectivity index (χ4v) is 1.80. The highest BCUT2D eigenvalue weighted by atomic mass is 79.9. The molecule has 0 atom stereocenters. The number of nitrogens with one attached hydrogen (secondary N) is 1. The fraction of sp³-hybridized carbons (Fsp3) is 0.417. The van der Waals surface area contributed by atoms with Crippen LogP contribution in [0.4, 0.5) is 5.69 Å². The second-order valence-corrected chi connectivity index (χ2v) is 4.80. The Kier molecular flexibility index (Phi) is 5.44. The summed E-state index contributed by atoms with van der Waals surface area (Å²) >= 11 is 3.28. The lowest BCUT2D eigenvalue weighted by atomic mass is 10.2. The number of aromatic carboxylic acids is 1. The quantitative estimate of drug-likeness (QED) is 0.793. The highest BCUT2D eigenvalue weighted by molar-refractivity contribution is 9.10. The average Bonchev–Trinajstić information content (AvgIpc) is 2.23. The van der Waals surface area contributed by atoms with Crippen molar-refractivity contribution in [3.8, 4) is 0 Å². The van der Waals surface area contributed by atoms with E-state index in [1.165, 1.54) is 0 Å². The molecule has 0 spiro atoms. The van der Waals surface area contributed by atoms with E-state index in [0.29, 0.717) is 13.2 Å². The largest absolute Gasteiger partial charge is 0.478 e. The Hall–Kier alpha value is -1.07. The molecule has 0 radical (unpaired) electrons. The number of benzene rings is 1. The van der Waals surface area contributed by atoms with E-state index in [1.54, 1.807) is 12.1 Å². The summed E-state index contributed by atoms with van der Waals surface area (Å²) in [4.78, 5) is 10.9. The molecule has 17 heavy (non-hydrogen) atoms. The van der Waals surface area contributed by atoms with Crippen molar-refractivity contribution >= 4 is 27.6 Å². The minimum absolute atomic E-state index is 0.203. The van der Waals surface area contributed by atoms with Crippen LogP contribution in [-0.4, -0.2) is 30.3 Å². The van der Waals surface area contributed by atoms with Crippen molar-refractivity contribution < 1.29 is 14.6 Å². The average molecular weight is 302 g/mol. The number of hydrogen-bond donors (Lipinski definition) is 2. The van der Waals surface area contributed by atoms with Crippen molar-refractivity contribution in [2.45, 2.75) is 20.0 Å². The Bertz CT molecular complexity index is 393. The minimum Gasteiger partial charge on any atom is -0.478 e. The molecule has 0 fully saturated rings. The molecule has 0 aliphatic heterocycles. The van der Waals surface area contributed by atoms with Crippen molar-refractivity contribution in [2.24, 2.45) is 0 Å².